The molecule has 2 N–H and O–H groups in total. The summed E-state index contributed by atoms with van der Waals surface area (Å²) >= 11 is 0. The number of piperidine rings is 1. The van der Waals surface area contributed by atoms with E-state index in [9.17, 15) is 4.79 Å². The monoisotopic (exact) mass is 350 g/mol. The van der Waals surface area contributed by atoms with E-state index in [0.717, 1.165) is 24.2 Å². The smallest absolute Gasteiger partial charge is 0.220 e. The highest BCUT2D eigenvalue weighted by Crippen LogP contribution is 2.32. The number of rotatable bonds is 7. The molecule has 2 heterocycles. The van der Waals surface area contributed by atoms with Crippen LogP contribution < -0.4 is 15.4 Å². The van der Waals surface area contributed by atoms with Crippen molar-refractivity contribution in [2.75, 3.05) is 6.61 Å². The van der Waals surface area contributed by atoms with Crippen molar-refractivity contribution >= 4 is 18.3 Å². The average molecular weight is 351 g/mol. The Bertz CT molecular complexity index is 552. The minimum absolute atomic E-state index is 0. The van der Waals surface area contributed by atoms with Crippen LogP contribution in [0.4, 0.5) is 0 Å². The van der Waals surface area contributed by atoms with Crippen molar-refractivity contribution in [3.63, 3.8) is 0 Å². The quantitative estimate of drug-likeness (QED) is 0.742. The summed E-state index contributed by atoms with van der Waals surface area (Å²) in [6.45, 7) is 4.65. The first kappa shape index (κ1) is 18.8. The molecule has 1 aromatic carbocycles. The normalized spacial score (nSPS) is 24.8. The van der Waals surface area contributed by atoms with Crippen molar-refractivity contribution in [3.8, 4) is 5.75 Å². The van der Waals surface area contributed by atoms with E-state index in [1.54, 1.807) is 6.08 Å². The van der Waals surface area contributed by atoms with E-state index in [4.69, 9.17) is 4.74 Å². The first-order valence-corrected chi connectivity index (χ1v) is 8.59. The Morgan fingerprint density at radius 2 is 2.00 bits per heavy atom. The predicted molar refractivity (Wildman–Crippen MR) is 98.5 cm³/mol. The molecule has 0 aliphatic carbocycles. The van der Waals surface area contributed by atoms with Crippen LogP contribution in [0.3, 0.4) is 0 Å². The van der Waals surface area contributed by atoms with Gasteiger partial charge in [0, 0.05) is 30.6 Å². The first-order chi connectivity index (χ1) is 11.2. The maximum atomic E-state index is 12.3. The third-order valence-electron chi connectivity index (χ3n) is 4.85. The fraction of sp³-hybridized carbons (Fsp3) is 0.526. The third kappa shape index (κ3) is 4.99. The molecule has 4 nitrogen and oxygen atoms in total. The van der Waals surface area contributed by atoms with Crippen LogP contribution in [0, 0.1) is 5.92 Å². The Morgan fingerprint density at radius 3 is 2.71 bits per heavy atom. The Balaban J connectivity index is 0.00000208. The fourth-order valence-corrected chi connectivity index (χ4v) is 3.81. The molecule has 24 heavy (non-hydrogen) atoms. The van der Waals surface area contributed by atoms with Gasteiger partial charge in [0.2, 0.25) is 5.91 Å². The van der Waals surface area contributed by atoms with Crippen LogP contribution in [0.15, 0.2) is 36.9 Å². The SMILES string of the molecule is C=CCOc1ccccc1CNC(=O)CC1CC2CCC(C1)N2.Cl. The molecule has 0 radical (unpaired) electrons. The van der Waals surface area contributed by atoms with Gasteiger partial charge in [0.25, 0.3) is 0 Å². The number of nitrogens with one attached hydrogen (secondary N) is 2. The van der Waals surface area contributed by atoms with E-state index in [0.29, 0.717) is 37.6 Å². The molecule has 0 spiro atoms. The molecule has 3 rings (SSSR count). The molecule has 2 aliphatic heterocycles. The molecule has 1 amide bonds. The van der Waals surface area contributed by atoms with Gasteiger partial charge in [0.15, 0.2) is 0 Å². The number of para-hydroxylation sites is 1. The van der Waals surface area contributed by atoms with Gasteiger partial charge in [-0.2, -0.15) is 0 Å². The molecule has 2 aliphatic rings. The molecular weight excluding hydrogens is 324 g/mol. The molecule has 0 aromatic heterocycles. The van der Waals surface area contributed by atoms with Crippen molar-refractivity contribution in [2.24, 2.45) is 5.92 Å². The zero-order valence-electron chi connectivity index (χ0n) is 14.0. The van der Waals surface area contributed by atoms with Gasteiger partial charge in [-0.15, -0.1) is 12.4 Å². The second-order valence-corrected chi connectivity index (χ2v) is 6.66. The second kappa shape index (κ2) is 9.09. The number of carbonyl (C=O) groups is 1. The minimum Gasteiger partial charge on any atom is -0.489 e. The molecule has 5 heteroatoms. The number of amides is 1. The highest BCUT2D eigenvalue weighted by atomic mass is 35.5. The number of ether oxygens (including phenoxy) is 1. The highest BCUT2D eigenvalue weighted by Gasteiger charge is 2.34. The summed E-state index contributed by atoms with van der Waals surface area (Å²) in [5.74, 6) is 1.49. The summed E-state index contributed by atoms with van der Waals surface area (Å²) in [6, 6.07) is 9.10. The highest BCUT2D eigenvalue weighted by molar-refractivity contribution is 5.85. The molecule has 1 aromatic rings. The number of halogens is 1. The molecule has 2 saturated heterocycles. The van der Waals surface area contributed by atoms with Gasteiger partial charge < -0.3 is 15.4 Å². The summed E-state index contributed by atoms with van der Waals surface area (Å²) in [6.07, 6.45) is 7.20. The van der Waals surface area contributed by atoms with Crippen molar-refractivity contribution in [1.29, 1.82) is 0 Å². The summed E-state index contributed by atoms with van der Waals surface area (Å²) in [5.41, 5.74) is 1.01. The van der Waals surface area contributed by atoms with E-state index in [2.05, 4.69) is 17.2 Å². The molecule has 132 valence electrons. The molecular formula is C19H27ClN2O2. The largest absolute Gasteiger partial charge is 0.489 e. The average Bonchev–Trinajstić information content (AvgIpc) is 2.90. The lowest BCUT2D eigenvalue weighted by Gasteiger charge is -2.28. The summed E-state index contributed by atoms with van der Waals surface area (Å²) in [7, 11) is 0. The summed E-state index contributed by atoms with van der Waals surface area (Å²) < 4.78 is 5.63. The van der Waals surface area contributed by atoms with E-state index < -0.39 is 0 Å². The van der Waals surface area contributed by atoms with Gasteiger partial charge in [-0.05, 0) is 37.7 Å². The van der Waals surface area contributed by atoms with Gasteiger partial charge in [-0.3, -0.25) is 4.79 Å². The summed E-state index contributed by atoms with van der Waals surface area (Å²) in [5, 5.41) is 6.67. The van der Waals surface area contributed by atoms with Crippen LogP contribution in [0.2, 0.25) is 0 Å². The minimum atomic E-state index is 0. The van der Waals surface area contributed by atoms with E-state index in [-0.39, 0.29) is 18.3 Å². The topological polar surface area (TPSA) is 50.4 Å². The molecule has 2 atom stereocenters. The van der Waals surface area contributed by atoms with E-state index in [1.165, 1.54) is 12.8 Å². The van der Waals surface area contributed by atoms with Crippen molar-refractivity contribution in [2.45, 2.75) is 50.7 Å². The molecule has 2 fully saturated rings. The Kier molecular flexibility index (Phi) is 7.13. The lowest BCUT2D eigenvalue weighted by Crippen LogP contribution is -2.39. The Hall–Kier alpha value is -1.52. The van der Waals surface area contributed by atoms with Gasteiger partial charge in [0.05, 0.1) is 0 Å². The standard InChI is InChI=1S/C19H26N2O2.ClH/c1-2-9-23-18-6-4-3-5-15(18)13-20-19(22)12-14-10-16-7-8-17(11-14)21-16;/h2-6,14,16-17,21H,1,7-13H2,(H,20,22);1H. The number of benzene rings is 1. The molecule has 0 saturated carbocycles. The van der Waals surface area contributed by atoms with Crippen molar-refractivity contribution < 1.29 is 9.53 Å². The van der Waals surface area contributed by atoms with Gasteiger partial charge in [-0.25, -0.2) is 0 Å². The number of fused-ring (bicyclic) bond motifs is 2. The lowest BCUT2D eigenvalue weighted by molar-refractivity contribution is -0.122. The molecule has 2 unspecified atom stereocenters. The number of hydrogen-bond acceptors (Lipinski definition) is 3. The van der Waals surface area contributed by atoms with Crippen LogP contribution in [0.1, 0.15) is 37.7 Å². The third-order valence-corrected chi connectivity index (χ3v) is 4.85. The van der Waals surface area contributed by atoms with Gasteiger partial charge in [0.1, 0.15) is 12.4 Å². The van der Waals surface area contributed by atoms with Gasteiger partial charge >= 0.3 is 0 Å². The Morgan fingerprint density at radius 1 is 1.29 bits per heavy atom. The lowest BCUT2D eigenvalue weighted by atomic mass is 9.89. The van der Waals surface area contributed by atoms with Crippen LogP contribution >= 0.6 is 12.4 Å². The van der Waals surface area contributed by atoms with Crippen LogP contribution in [-0.4, -0.2) is 24.6 Å². The van der Waals surface area contributed by atoms with Gasteiger partial charge in [-0.1, -0.05) is 30.9 Å². The van der Waals surface area contributed by atoms with Crippen LogP contribution in [0.25, 0.3) is 0 Å². The van der Waals surface area contributed by atoms with E-state index >= 15 is 0 Å². The Labute approximate surface area is 150 Å². The van der Waals surface area contributed by atoms with Crippen molar-refractivity contribution in [3.05, 3.63) is 42.5 Å². The zero-order valence-corrected chi connectivity index (χ0v) is 14.8. The maximum Gasteiger partial charge on any atom is 0.220 e. The summed E-state index contributed by atoms with van der Waals surface area (Å²) in [4.78, 5) is 12.3. The van der Waals surface area contributed by atoms with Crippen LogP contribution in [0.5, 0.6) is 5.75 Å². The number of carbonyl (C=O) groups excluding carboxylic acids is 1. The fourth-order valence-electron chi connectivity index (χ4n) is 3.81. The number of hydrogen-bond donors (Lipinski definition) is 2. The second-order valence-electron chi connectivity index (χ2n) is 6.66. The predicted octanol–water partition coefficient (Wildman–Crippen LogP) is 3.21. The van der Waals surface area contributed by atoms with Crippen LogP contribution in [-0.2, 0) is 11.3 Å². The zero-order chi connectivity index (χ0) is 16.1. The molecule has 2 bridgehead atoms. The first-order valence-electron chi connectivity index (χ1n) is 8.59. The van der Waals surface area contributed by atoms with E-state index in [1.807, 2.05) is 24.3 Å². The van der Waals surface area contributed by atoms with Crippen molar-refractivity contribution in [1.82, 2.24) is 10.6 Å². The maximum absolute atomic E-state index is 12.3.